The molecule has 1 amide bonds. The van der Waals surface area contributed by atoms with Crippen LogP contribution in [0.2, 0.25) is 0 Å². The van der Waals surface area contributed by atoms with Gasteiger partial charge in [-0.15, -0.1) is 0 Å². The average Bonchev–Trinajstić information content (AvgIpc) is 3.24. The average molecular weight is 321 g/mol. The van der Waals surface area contributed by atoms with Gasteiger partial charge >= 0.3 is 0 Å². The van der Waals surface area contributed by atoms with Crippen LogP contribution >= 0.6 is 0 Å². The van der Waals surface area contributed by atoms with Crippen LogP contribution in [0.15, 0.2) is 36.8 Å². The number of hydrogen-bond acceptors (Lipinski definition) is 4. The van der Waals surface area contributed by atoms with Gasteiger partial charge < -0.3 is 5.32 Å². The molecule has 122 valence electrons. The highest BCUT2D eigenvalue weighted by Crippen LogP contribution is 2.36. The Balaban J connectivity index is 1.72. The second-order valence-electron chi connectivity index (χ2n) is 6.30. The number of amides is 1. The van der Waals surface area contributed by atoms with Crippen molar-refractivity contribution >= 4 is 17.4 Å². The highest BCUT2D eigenvalue weighted by Gasteiger charge is 2.22. The van der Waals surface area contributed by atoms with E-state index in [1.807, 2.05) is 19.2 Å². The number of hydrogen-bond donors (Lipinski definition) is 1. The number of carbonyl (C=O) groups is 1. The van der Waals surface area contributed by atoms with Crippen LogP contribution in [0, 0.1) is 6.92 Å². The normalized spacial score (nSPS) is 15.0. The lowest BCUT2D eigenvalue weighted by Crippen LogP contribution is -2.15. The lowest BCUT2D eigenvalue weighted by atomic mass is 10.0. The molecule has 0 radical (unpaired) electrons. The number of aromatic nitrogens is 4. The third kappa shape index (κ3) is 2.64. The van der Waals surface area contributed by atoms with Crippen molar-refractivity contribution in [1.82, 2.24) is 19.6 Å². The summed E-state index contributed by atoms with van der Waals surface area (Å²) in [4.78, 5) is 21.1. The summed E-state index contributed by atoms with van der Waals surface area (Å²) < 4.78 is 1.73. The zero-order valence-electron chi connectivity index (χ0n) is 13.6. The van der Waals surface area contributed by atoms with Crippen molar-refractivity contribution in [1.29, 1.82) is 0 Å². The minimum Gasteiger partial charge on any atom is -0.306 e. The Morgan fingerprint density at radius 1 is 1.29 bits per heavy atom. The highest BCUT2D eigenvalue weighted by atomic mass is 16.1. The molecule has 3 aromatic heterocycles. The number of aryl methyl sites for hydroxylation is 1. The van der Waals surface area contributed by atoms with Crippen LogP contribution in [-0.2, 0) is 0 Å². The quantitative estimate of drug-likeness (QED) is 0.803. The molecule has 0 spiro atoms. The predicted octanol–water partition coefficient (Wildman–Crippen LogP) is 3.34. The van der Waals surface area contributed by atoms with Gasteiger partial charge in [0.2, 0.25) is 0 Å². The first-order valence-electron chi connectivity index (χ1n) is 8.29. The fourth-order valence-electron chi connectivity index (χ4n) is 3.40. The lowest BCUT2D eigenvalue weighted by Gasteiger charge is -2.10. The van der Waals surface area contributed by atoms with E-state index in [9.17, 15) is 4.79 Å². The fourth-order valence-corrected chi connectivity index (χ4v) is 3.40. The van der Waals surface area contributed by atoms with Gasteiger partial charge in [0.15, 0.2) is 5.65 Å². The van der Waals surface area contributed by atoms with E-state index in [1.54, 1.807) is 29.0 Å². The van der Waals surface area contributed by atoms with E-state index in [1.165, 1.54) is 31.2 Å². The number of rotatable bonds is 3. The van der Waals surface area contributed by atoms with E-state index in [0.29, 0.717) is 17.3 Å². The molecule has 0 aromatic carbocycles. The van der Waals surface area contributed by atoms with Gasteiger partial charge in [-0.3, -0.25) is 9.78 Å². The van der Waals surface area contributed by atoms with Gasteiger partial charge in [0.25, 0.3) is 5.91 Å². The summed E-state index contributed by atoms with van der Waals surface area (Å²) in [7, 11) is 0. The van der Waals surface area contributed by atoms with E-state index in [2.05, 4.69) is 20.4 Å². The summed E-state index contributed by atoms with van der Waals surface area (Å²) in [6.45, 7) is 1.94. The van der Waals surface area contributed by atoms with Crippen molar-refractivity contribution in [2.75, 3.05) is 5.32 Å². The SMILES string of the molecule is Cc1cc(NC(=O)c2cccnc2)n2ncc(C3CCCC3)c2n1. The highest BCUT2D eigenvalue weighted by molar-refractivity contribution is 6.03. The van der Waals surface area contributed by atoms with Gasteiger partial charge in [-0.1, -0.05) is 12.8 Å². The Kier molecular flexibility index (Phi) is 3.72. The second-order valence-corrected chi connectivity index (χ2v) is 6.30. The number of anilines is 1. The second kappa shape index (κ2) is 6.03. The molecule has 1 aliphatic carbocycles. The van der Waals surface area contributed by atoms with Crippen LogP contribution in [0.5, 0.6) is 0 Å². The first kappa shape index (κ1) is 14.8. The number of nitrogens with one attached hydrogen (secondary N) is 1. The summed E-state index contributed by atoms with van der Waals surface area (Å²) >= 11 is 0. The van der Waals surface area contributed by atoms with E-state index in [0.717, 1.165) is 11.3 Å². The Morgan fingerprint density at radius 3 is 2.88 bits per heavy atom. The van der Waals surface area contributed by atoms with Crippen LogP contribution in [0.25, 0.3) is 5.65 Å². The number of carbonyl (C=O) groups excluding carboxylic acids is 1. The minimum absolute atomic E-state index is 0.201. The number of pyridine rings is 1. The molecular formula is C18H19N5O. The molecule has 1 N–H and O–H groups in total. The molecule has 6 nitrogen and oxygen atoms in total. The third-order valence-corrected chi connectivity index (χ3v) is 4.59. The van der Waals surface area contributed by atoms with Gasteiger partial charge in [0, 0.05) is 29.7 Å². The van der Waals surface area contributed by atoms with Gasteiger partial charge in [-0.25, -0.2) is 4.98 Å². The van der Waals surface area contributed by atoms with Crippen LogP contribution in [-0.4, -0.2) is 25.5 Å². The molecule has 24 heavy (non-hydrogen) atoms. The molecule has 3 heterocycles. The molecule has 0 aliphatic heterocycles. The minimum atomic E-state index is -0.201. The predicted molar refractivity (Wildman–Crippen MR) is 91.1 cm³/mol. The van der Waals surface area contributed by atoms with E-state index in [-0.39, 0.29) is 5.91 Å². The molecule has 0 atom stereocenters. The maximum Gasteiger partial charge on any atom is 0.258 e. The van der Waals surface area contributed by atoms with E-state index >= 15 is 0 Å². The topological polar surface area (TPSA) is 72.2 Å². The molecule has 1 aliphatic rings. The fraction of sp³-hybridized carbons (Fsp3) is 0.333. The van der Waals surface area contributed by atoms with Gasteiger partial charge in [0.1, 0.15) is 5.82 Å². The van der Waals surface area contributed by atoms with Crippen molar-refractivity contribution in [2.45, 2.75) is 38.5 Å². The Morgan fingerprint density at radius 2 is 2.12 bits per heavy atom. The van der Waals surface area contributed by atoms with Crippen molar-refractivity contribution in [3.05, 3.63) is 53.6 Å². The van der Waals surface area contributed by atoms with Crippen LogP contribution < -0.4 is 5.32 Å². The standard InChI is InChI=1S/C18H19N5O/c1-12-9-16(22-18(24)14-7-4-8-19-10-14)23-17(21-12)15(11-20-23)13-5-2-3-6-13/h4,7-11,13H,2-3,5-6H2,1H3,(H,22,24). The van der Waals surface area contributed by atoms with Crippen LogP contribution in [0.4, 0.5) is 5.82 Å². The molecule has 6 heteroatoms. The summed E-state index contributed by atoms with van der Waals surface area (Å²) in [5.74, 6) is 0.960. The van der Waals surface area contributed by atoms with Crippen molar-refractivity contribution in [3.63, 3.8) is 0 Å². The van der Waals surface area contributed by atoms with Crippen molar-refractivity contribution in [3.8, 4) is 0 Å². The number of nitrogens with zero attached hydrogens (tertiary/aromatic N) is 4. The zero-order chi connectivity index (χ0) is 16.5. The van der Waals surface area contributed by atoms with E-state index in [4.69, 9.17) is 0 Å². The first-order valence-corrected chi connectivity index (χ1v) is 8.29. The molecule has 0 saturated heterocycles. The van der Waals surface area contributed by atoms with Crippen LogP contribution in [0.1, 0.15) is 53.2 Å². The molecule has 0 bridgehead atoms. The molecule has 0 unspecified atom stereocenters. The summed E-state index contributed by atoms with van der Waals surface area (Å²) in [5, 5.41) is 7.40. The molecule has 1 fully saturated rings. The van der Waals surface area contributed by atoms with Crippen LogP contribution in [0.3, 0.4) is 0 Å². The zero-order valence-corrected chi connectivity index (χ0v) is 13.6. The Labute approximate surface area is 139 Å². The van der Waals surface area contributed by atoms with Gasteiger partial charge in [-0.2, -0.15) is 9.61 Å². The number of fused-ring (bicyclic) bond motifs is 1. The lowest BCUT2D eigenvalue weighted by molar-refractivity contribution is 0.102. The largest absolute Gasteiger partial charge is 0.306 e. The Bertz CT molecular complexity index is 881. The Hall–Kier alpha value is -2.76. The smallest absolute Gasteiger partial charge is 0.258 e. The van der Waals surface area contributed by atoms with Gasteiger partial charge in [-0.05, 0) is 37.8 Å². The third-order valence-electron chi connectivity index (χ3n) is 4.59. The molecular weight excluding hydrogens is 302 g/mol. The maximum atomic E-state index is 12.4. The summed E-state index contributed by atoms with van der Waals surface area (Å²) in [6, 6.07) is 5.32. The molecule has 3 aromatic rings. The maximum absolute atomic E-state index is 12.4. The van der Waals surface area contributed by atoms with Crippen molar-refractivity contribution < 1.29 is 4.79 Å². The van der Waals surface area contributed by atoms with Gasteiger partial charge in [0.05, 0.1) is 11.8 Å². The van der Waals surface area contributed by atoms with E-state index < -0.39 is 0 Å². The van der Waals surface area contributed by atoms with Crippen molar-refractivity contribution in [2.24, 2.45) is 0 Å². The molecule has 4 rings (SSSR count). The first-order chi connectivity index (χ1) is 11.7. The molecule has 1 saturated carbocycles. The monoisotopic (exact) mass is 321 g/mol. The summed E-state index contributed by atoms with van der Waals surface area (Å²) in [6.07, 6.45) is 10.00. The summed E-state index contributed by atoms with van der Waals surface area (Å²) in [5.41, 5.74) is 3.42.